The molecule has 0 unspecified atom stereocenters. The molecule has 0 radical (unpaired) electrons. The average molecular weight is 586 g/mol. The van der Waals surface area contributed by atoms with E-state index in [2.05, 4.69) is 24.3 Å². The number of halogens is 1. The highest BCUT2D eigenvalue weighted by molar-refractivity contribution is 6.30. The van der Waals surface area contributed by atoms with Gasteiger partial charge in [-0.05, 0) is 41.5 Å². The van der Waals surface area contributed by atoms with Crippen LogP contribution in [0, 0.1) is 22.7 Å². The number of carbonyl (C=O) groups is 3. The third-order valence-corrected chi connectivity index (χ3v) is 10.1. The topological polar surface area (TPSA) is 87.5 Å². The maximum Gasteiger partial charge on any atom is 0.257 e. The lowest BCUT2D eigenvalue weighted by atomic mass is 9.71. The van der Waals surface area contributed by atoms with E-state index in [-0.39, 0.29) is 46.9 Å². The summed E-state index contributed by atoms with van der Waals surface area (Å²) in [6.45, 7) is 6.63. The number of carbonyl (C=O) groups excluding carboxylic acids is 3. The van der Waals surface area contributed by atoms with Crippen LogP contribution in [0.25, 0.3) is 0 Å². The van der Waals surface area contributed by atoms with Gasteiger partial charge in [0.2, 0.25) is 11.8 Å². The molecule has 2 aromatic carbocycles. The molecule has 4 aliphatic rings. The Morgan fingerprint density at radius 3 is 2.45 bits per heavy atom. The van der Waals surface area contributed by atoms with Gasteiger partial charge in [0, 0.05) is 60.7 Å². The quantitative estimate of drug-likeness (QED) is 0.450. The summed E-state index contributed by atoms with van der Waals surface area (Å²) in [4.78, 5) is 44.3. The van der Waals surface area contributed by atoms with Crippen molar-refractivity contribution in [3.63, 3.8) is 0 Å². The van der Waals surface area contributed by atoms with Crippen LogP contribution < -0.4 is 5.32 Å². The van der Waals surface area contributed by atoms with Gasteiger partial charge in [-0.3, -0.25) is 19.1 Å². The Hall–Kier alpha value is -3.65. The second-order valence-electron chi connectivity index (χ2n) is 13.5. The van der Waals surface area contributed by atoms with E-state index in [9.17, 15) is 14.4 Å². The van der Waals surface area contributed by atoms with E-state index >= 15 is 0 Å². The zero-order valence-corrected chi connectivity index (χ0v) is 24.8. The van der Waals surface area contributed by atoms with Crippen LogP contribution >= 0.6 is 11.6 Å². The van der Waals surface area contributed by atoms with Crippen molar-refractivity contribution in [1.82, 2.24) is 24.9 Å². The Labute approximate surface area is 251 Å². The van der Waals surface area contributed by atoms with Crippen LogP contribution in [0.1, 0.15) is 54.1 Å². The molecule has 9 heteroatoms. The Bertz CT molecular complexity index is 1550. The number of aromatic nitrogens is 2. The summed E-state index contributed by atoms with van der Waals surface area (Å²) >= 11 is 6.20. The van der Waals surface area contributed by atoms with E-state index in [0.717, 1.165) is 24.0 Å². The Morgan fingerprint density at radius 1 is 1.00 bits per heavy atom. The molecule has 218 valence electrons. The number of rotatable bonds is 7. The molecular formula is C33H36ClN5O3. The van der Waals surface area contributed by atoms with E-state index < -0.39 is 5.41 Å². The first-order chi connectivity index (χ1) is 20.1. The fraction of sp³-hybridized carbons (Fsp3) is 0.455. The average Bonchev–Trinajstić information content (AvgIpc) is 3.70. The molecule has 4 fully saturated rings. The number of hydrogen-bond acceptors (Lipinski definition) is 4. The Kier molecular flexibility index (Phi) is 6.46. The van der Waals surface area contributed by atoms with Crippen molar-refractivity contribution in [2.45, 2.75) is 45.2 Å². The molecule has 2 saturated heterocycles. The first kappa shape index (κ1) is 27.2. The van der Waals surface area contributed by atoms with Crippen LogP contribution in [-0.2, 0) is 16.1 Å². The summed E-state index contributed by atoms with van der Waals surface area (Å²) in [5.41, 5.74) is 2.36. The molecule has 7 rings (SSSR count). The Morgan fingerprint density at radius 2 is 1.74 bits per heavy atom. The summed E-state index contributed by atoms with van der Waals surface area (Å²) in [7, 11) is 0. The molecule has 3 amide bonds. The van der Waals surface area contributed by atoms with Gasteiger partial charge in [-0.25, -0.2) is 0 Å². The Balaban J connectivity index is 1.06. The summed E-state index contributed by atoms with van der Waals surface area (Å²) in [5, 5.41) is 8.39. The minimum absolute atomic E-state index is 0.0292. The van der Waals surface area contributed by atoms with Crippen LogP contribution in [0.5, 0.6) is 0 Å². The van der Waals surface area contributed by atoms with Gasteiger partial charge < -0.3 is 15.1 Å². The van der Waals surface area contributed by atoms with E-state index in [0.29, 0.717) is 43.3 Å². The predicted octanol–water partition coefficient (Wildman–Crippen LogP) is 4.20. The normalized spacial score (nSPS) is 26.5. The van der Waals surface area contributed by atoms with E-state index in [4.69, 9.17) is 11.6 Å². The molecule has 2 aliphatic heterocycles. The lowest BCUT2D eigenvalue weighted by Gasteiger charge is -2.50. The molecule has 0 bridgehead atoms. The van der Waals surface area contributed by atoms with E-state index in [1.807, 2.05) is 59.5 Å². The molecule has 2 aliphatic carbocycles. The maximum absolute atomic E-state index is 13.8. The van der Waals surface area contributed by atoms with Crippen molar-refractivity contribution in [2.24, 2.45) is 22.7 Å². The minimum atomic E-state index is -0.436. The highest BCUT2D eigenvalue weighted by Crippen LogP contribution is 2.55. The van der Waals surface area contributed by atoms with Crippen molar-refractivity contribution in [1.29, 1.82) is 0 Å². The van der Waals surface area contributed by atoms with Gasteiger partial charge in [0.05, 0.1) is 24.2 Å². The third-order valence-electron chi connectivity index (χ3n) is 9.85. The summed E-state index contributed by atoms with van der Waals surface area (Å²) in [6, 6.07) is 17.8. The van der Waals surface area contributed by atoms with Gasteiger partial charge in [0.15, 0.2) is 0 Å². The van der Waals surface area contributed by atoms with Crippen molar-refractivity contribution < 1.29 is 14.4 Å². The van der Waals surface area contributed by atoms with Gasteiger partial charge in [0.25, 0.3) is 5.91 Å². The first-order valence-electron chi connectivity index (χ1n) is 14.8. The lowest BCUT2D eigenvalue weighted by molar-refractivity contribution is -0.151. The molecule has 3 aromatic rings. The van der Waals surface area contributed by atoms with Crippen LogP contribution in [0.2, 0.25) is 5.02 Å². The molecule has 8 nitrogen and oxygen atoms in total. The number of nitrogens with zero attached hydrogens (tertiary/aromatic N) is 4. The fourth-order valence-corrected chi connectivity index (χ4v) is 7.24. The van der Waals surface area contributed by atoms with Crippen LogP contribution in [0.3, 0.4) is 0 Å². The van der Waals surface area contributed by atoms with Gasteiger partial charge in [-0.2, -0.15) is 5.10 Å². The summed E-state index contributed by atoms with van der Waals surface area (Å²) < 4.78 is 1.77. The number of nitrogens with one attached hydrogen (secondary N) is 1. The van der Waals surface area contributed by atoms with Gasteiger partial charge in [-0.1, -0.05) is 67.9 Å². The molecule has 1 N–H and O–H groups in total. The van der Waals surface area contributed by atoms with Gasteiger partial charge in [0.1, 0.15) is 0 Å². The number of hydrogen-bond donors (Lipinski definition) is 1. The zero-order chi connectivity index (χ0) is 29.2. The summed E-state index contributed by atoms with van der Waals surface area (Å²) in [5.74, 6) is -0.0483. The van der Waals surface area contributed by atoms with Crippen molar-refractivity contribution in [2.75, 3.05) is 26.2 Å². The molecule has 1 aromatic heterocycles. The highest BCUT2D eigenvalue weighted by Gasteiger charge is 2.62. The van der Waals surface area contributed by atoms with Crippen LogP contribution in [-0.4, -0.2) is 69.5 Å². The molecule has 42 heavy (non-hydrogen) atoms. The van der Waals surface area contributed by atoms with Gasteiger partial charge in [-0.15, -0.1) is 0 Å². The molecule has 1 spiro atoms. The number of benzene rings is 2. The largest absolute Gasteiger partial charge is 0.352 e. The molecule has 3 heterocycles. The first-order valence-corrected chi connectivity index (χ1v) is 15.2. The third kappa shape index (κ3) is 5.00. The fourth-order valence-electron chi connectivity index (χ4n) is 7.04. The number of amides is 3. The smallest absolute Gasteiger partial charge is 0.257 e. The second kappa shape index (κ2) is 9.97. The molecule has 2 saturated carbocycles. The highest BCUT2D eigenvalue weighted by atomic mass is 35.5. The van der Waals surface area contributed by atoms with Crippen LogP contribution in [0.15, 0.2) is 67.0 Å². The monoisotopic (exact) mass is 585 g/mol. The number of likely N-dealkylation sites (tertiary alicyclic amines) is 2. The van der Waals surface area contributed by atoms with Crippen molar-refractivity contribution in [3.8, 4) is 0 Å². The van der Waals surface area contributed by atoms with Crippen molar-refractivity contribution >= 4 is 29.3 Å². The standard InChI is InChI=1S/C33H36ClN5O3/c1-32(2)13-26(32)31(42)38-19-33(20-38)18-37(30(41)23-14-35-39(16-23)15-21-7-4-3-5-8-21)17-27(33)29(40)36-28-12-25(28)22-9-6-10-24(34)11-22/h3-11,14,16,25-28H,12-13,15,17-20H2,1-2H3,(H,36,40)/t25-,26-,27-,28+/m1/s1. The van der Waals surface area contributed by atoms with E-state index in [1.54, 1.807) is 22.0 Å². The lowest BCUT2D eigenvalue weighted by Crippen LogP contribution is -2.64. The predicted molar refractivity (Wildman–Crippen MR) is 159 cm³/mol. The minimum Gasteiger partial charge on any atom is -0.352 e. The SMILES string of the molecule is CC1(C)C[C@@H]1C(=O)N1CC2(CN(C(=O)c3cnn(Cc4ccccc4)c3)C[C@@H]2C(=O)N[C@H]2C[C@@H]2c2cccc(Cl)c2)C1. The maximum atomic E-state index is 13.8. The zero-order valence-electron chi connectivity index (χ0n) is 24.0. The van der Waals surface area contributed by atoms with E-state index in [1.165, 1.54) is 0 Å². The van der Waals surface area contributed by atoms with Gasteiger partial charge >= 0.3 is 0 Å². The molecule has 4 atom stereocenters. The van der Waals surface area contributed by atoms with Crippen molar-refractivity contribution in [3.05, 3.63) is 88.7 Å². The summed E-state index contributed by atoms with van der Waals surface area (Å²) in [6.07, 6.45) is 5.16. The molecular weight excluding hydrogens is 550 g/mol. The van der Waals surface area contributed by atoms with Crippen LogP contribution in [0.4, 0.5) is 0 Å². The second-order valence-corrected chi connectivity index (χ2v) is 13.9.